The van der Waals surface area contributed by atoms with E-state index in [1.54, 1.807) is 6.20 Å². The minimum absolute atomic E-state index is 0.0120. The second-order valence-electron chi connectivity index (χ2n) is 7.37. The Morgan fingerprint density at radius 1 is 1.22 bits per heavy atom. The number of imidazole rings is 1. The maximum atomic E-state index is 12.8. The van der Waals surface area contributed by atoms with Gasteiger partial charge in [0.2, 0.25) is 0 Å². The van der Waals surface area contributed by atoms with Crippen LogP contribution in [0.1, 0.15) is 24.0 Å². The fourth-order valence-corrected chi connectivity index (χ4v) is 3.79. The Balaban J connectivity index is 1.43. The van der Waals surface area contributed by atoms with Crippen LogP contribution in [0.25, 0.3) is 11.2 Å². The van der Waals surface area contributed by atoms with Gasteiger partial charge in [0.05, 0.1) is 6.33 Å². The zero-order chi connectivity index (χ0) is 18.8. The number of aromatic nitrogens is 3. The Bertz CT molecular complexity index is 964. The molecule has 2 aromatic heterocycles. The van der Waals surface area contributed by atoms with Gasteiger partial charge in [-0.05, 0) is 61.9 Å². The van der Waals surface area contributed by atoms with Crippen LogP contribution in [0.3, 0.4) is 0 Å². The smallest absolute Gasteiger partial charge is 0.321 e. The first-order chi connectivity index (χ1) is 13.1. The van der Waals surface area contributed by atoms with Gasteiger partial charge in [-0.1, -0.05) is 12.1 Å². The number of rotatable bonds is 3. The monoisotopic (exact) mass is 363 g/mol. The number of amides is 2. The van der Waals surface area contributed by atoms with Gasteiger partial charge in [0.25, 0.3) is 0 Å². The molecule has 0 aliphatic carbocycles. The van der Waals surface area contributed by atoms with Gasteiger partial charge in [-0.15, -0.1) is 0 Å². The predicted octanol–water partition coefficient (Wildman–Crippen LogP) is 3.99. The zero-order valence-corrected chi connectivity index (χ0v) is 15.9. The summed E-state index contributed by atoms with van der Waals surface area (Å²) < 4.78 is 2.10. The summed E-state index contributed by atoms with van der Waals surface area (Å²) in [5.74, 6) is 0.405. The van der Waals surface area contributed by atoms with Gasteiger partial charge in [-0.2, -0.15) is 0 Å². The second-order valence-corrected chi connectivity index (χ2v) is 7.37. The zero-order valence-electron chi connectivity index (χ0n) is 15.9. The number of benzene rings is 1. The Morgan fingerprint density at radius 2 is 2.11 bits per heavy atom. The van der Waals surface area contributed by atoms with Crippen molar-refractivity contribution in [1.82, 2.24) is 19.4 Å². The first-order valence-electron chi connectivity index (χ1n) is 9.50. The lowest BCUT2D eigenvalue weighted by Crippen LogP contribution is -2.43. The highest BCUT2D eigenvalue weighted by Crippen LogP contribution is 2.23. The van der Waals surface area contributed by atoms with Gasteiger partial charge < -0.3 is 14.8 Å². The van der Waals surface area contributed by atoms with Gasteiger partial charge in [-0.25, -0.2) is 14.8 Å². The van der Waals surface area contributed by atoms with Crippen LogP contribution in [0, 0.1) is 19.8 Å². The molecule has 1 fully saturated rings. The molecule has 3 aromatic rings. The molecular formula is C21H25N5O. The van der Waals surface area contributed by atoms with Crippen LogP contribution in [0.4, 0.5) is 10.5 Å². The quantitative estimate of drug-likeness (QED) is 0.765. The summed E-state index contributed by atoms with van der Waals surface area (Å²) in [7, 11) is 0. The number of nitrogens with zero attached hydrogens (tertiary/aromatic N) is 4. The van der Waals surface area contributed by atoms with Crippen LogP contribution < -0.4 is 5.32 Å². The number of hydrogen-bond acceptors (Lipinski definition) is 3. The van der Waals surface area contributed by atoms with Crippen LogP contribution >= 0.6 is 0 Å². The van der Waals surface area contributed by atoms with Gasteiger partial charge in [-0.3, -0.25) is 0 Å². The average molecular weight is 363 g/mol. The van der Waals surface area contributed by atoms with Crippen molar-refractivity contribution in [3.05, 3.63) is 54.0 Å². The lowest BCUT2D eigenvalue weighted by molar-refractivity contribution is 0.171. The van der Waals surface area contributed by atoms with E-state index < -0.39 is 0 Å². The van der Waals surface area contributed by atoms with Crippen molar-refractivity contribution in [3.8, 4) is 0 Å². The number of carbonyl (C=O) groups is 1. The first-order valence-corrected chi connectivity index (χ1v) is 9.50. The topological polar surface area (TPSA) is 63.1 Å². The van der Waals surface area contributed by atoms with Gasteiger partial charge in [0, 0.05) is 31.5 Å². The predicted molar refractivity (Wildman–Crippen MR) is 107 cm³/mol. The Labute approximate surface area is 159 Å². The molecule has 0 radical (unpaired) electrons. The molecule has 1 saturated heterocycles. The molecule has 0 spiro atoms. The number of likely N-dealkylation sites (tertiary alicyclic amines) is 1. The number of piperidine rings is 1. The van der Waals surface area contributed by atoms with Gasteiger partial charge in [0.1, 0.15) is 5.52 Å². The first kappa shape index (κ1) is 17.5. The maximum Gasteiger partial charge on any atom is 0.321 e. The number of urea groups is 1. The molecule has 27 heavy (non-hydrogen) atoms. The Kier molecular flexibility index (Phi) is 4.79. The van der Waals surface area contributed by atoms with E-state index >= 15 is 0 Å². The standard InChI is InChI=1S/C21H25N5O/c1-15-6-3-8-18(16(15)2)24-21(27)25-11-5-7-17(12-25)13-26-14-23-19-9-4-10-22-20(19)26/h3-4,6,8-10,14,17H,5,7,11-13H2,1-2H3,(H,24,27). The van der Waals surface area contributed by atoms with E-state index in [9.17, 15) is 4.79 Å². The van der Waals surface area contributed by atoms with Crippen molar-refractivity contribution in [2.45, 2.75) is 33.2 Å². The highest BCUT2D eigenvalue weighted by Gasteiger charge is 2.25. The SMILES string of the molecule is Cc1cccc(NC(=O)N2CCCC(Cn3cnc4cccnc43)C2)c1C. The summed E-state index contributed by atoms with van der Waals surface area (Å²) in [5.41, 5.74) is 5.03. The molecule has 140 valence electrons. The van der Waals surface area contributed by atoms with Crippen molar-refractivity contribution in [1.29, 1.82) is 0 Å². The minimum atomic E-state index is -0.0120. The molecule has 3 heterocycles. The van der Waals surface area contributed by atoms with Crippen molar-refractivity contribution in [2.75, 3.05) is 18.4 Å². The summed E-state index contributed by atoms with van der Waals surface area (Å²) >= 11 is 0. The highest BCUT2D eigenvalue weighted by atomic mass is 16.2. The fourth-order valence-electron chi connectivity index (χ4n) is 3.79. The highest BCUT2D eigenvalue weighted by molar-refractivity contribution is 5.90. The number of anilines is 1. The third-order valence-corrected chi connectivity index (χ3v) is 5.48. The summed E-state index contributed by atoms with van der Waals surface area (Å²) in [4.78, 5) is 23.6. The third-order valence-electron chi connectivity index (χ3n) is 5.48. The van der Waals surface area contributed by atoms with Gasteiger partial charge >= 0.3 is 6.03 Å². The van der Waals surface area contributed by atoms with Crippen LogP contribution in [0.2, 0.25) is 0 Å². The summed E-state index contributed by atoms with van der Waals surface area (Å²) in [6.45, 7) is 6.49. The number of hydrogen-bond donors (Lipinski definition) is 1. The molecule has 0 bridgehead atoms. The van der Waals surface area contributed by atoms with E-state index in [2.05, 4.69) is 32.8 Å². The largest absolute Gasteiger partial charge is 0.324 e. The van der Waals surface area contributed by atoms with Crippen molar-refractivity contribution in [2.24, 2.45) is 5.92 Å². The summed E-state index contributed by atoms with van der Waals surface area (Å²) in [6, 6.07) is 9.87. The molecule has 4 rings (SSSR count). The van der Waals surface area contributed by atoms with Crippen molar-refractivity contribution in [3.63, 3.8) is 0 Å². The second kappa shape index (κ2) is 7.39. The van der Waals surface area contributed by atoms with E-state index in [0.29, 0.717) is 5.92 Å². The average Bonchev–Trinajstić information content (AvgIpc) is 3.09. The lowest BCUT2D eigenvalue weighted by atomic mass is 9.98. The van der Waals surface area contributed by atoms with Crippen LogP contribution in [0.5, 0.6) is 0 Å². The molecule has 0 saturated carbocycles. The van der Waals surface area contributed by atoms with E-state index in [0.717, 1.165) is 54.9 Å². The van der Waals surface area contributed by atoms with E-state index in [4.69, 9.17) is 0 Å². The summed E-state index contributed by atoms with van der Waals surface area (Å²) in [6.07, 6.45) is 5.78. The van der Waals surface area contributed by atoms with E-state index in [-0.39, 0.29) is 6.03 Å². The molecule has 1 aliphatic rings. The van der Waals surface area contributed by atoms with E-state index in [1.807, 2.05) is 42.4 Å². The van der Waals surface area contributed by atoms with Crippen molar-refractivity contribution >= 4 is 22.9 Å². The summed E-state index contributed by atoms with van der Waals surface area (Å²) in [5, 5.41) is 3.09. The molecular weight excluding hydrogens is 338 g/mol. The number of pyridine rings is 1. The Morgan fingerprint density at radius 3 is 3.00 bits per heavy atom. The van der Waals surface area contributed by atoms with E-state index in [1.165, 1.54) is 5.56 Å². The van der Waals surface area contributed by atoms with Crippen LogP contribution in [-0.4, -0.2) is 38.6 Å². The number of nitrogens with one attached hydrogen (secondary N) is 1. The Hall–Kier alpha value is -2.89. The van der Waals surface area contributed by atoms with Crippen LogP contribution in [0.15, 0.2) is 42.9 Å². The van der Waals surface area contributed by atoms with Crippen LogP contribution in [-0.2, 0) is 6.54 Å². The maximum absolute atomic E-state index is 12.8. The fraction of sp³-hybridized carbons (Fsp3) is 0.381. The molecule has 1 aliphatic heterocycles. The molecule has 1 aromatic carbocycles. The molecule has 6 nitrogen and oxygen atoms in total. The number of aryl methyl sites for hydroxylation is 1. The number of carbonyl (C=O) groups excluding carboxylic acids is 1. The molecule has 2 amide bonds. The molecule has 1 unspecified atom stereocenters. The lowest BCUT2D eigenvalue weighted by Gasteiger charge is -2.33. The minimum Gasteiger partial charge on any atom is -0.324 e. The van der Waals surface area contributed by atoms with Gasteiger partial charge in [0.15, 0.2) is 5.65 Å². The number of fused-ring (bicyclic) bond motifs is 1. The molecule has 1 atom stereocenters. The van der Waals surface area contributed by atoms with Crippen molar-refractivity contribution < 1.29 is 4.79 Å². The molecule has 1 N–H and O–H groups in total. The normalized spacial score (nSPS) is 17.3. The third kappa shape index (κ3) is 3.65. The molecule has 6 heteroatoms.